The van der Waals surface area contributed by atoms with Gasteiger partial charge in [-0.15, -0.1) is 0 Å². The van der Waals surface area contributed by atoms with Gasteiger partial charge in [0.15, 0.2) is 11.7 Å². The standard InChI is InChI=1S/C13H31N7O/c14-6-1-2-7-19-9-5-11(16)12(21)10(15)4-3-8-20-13(17)18/h10-11,19H,1-9,14-16H2,(H4,17,18,20)/t10-,11?/m1/s1. The number of nitrogens with one attached hydrogen (secondary N) is 3. The molecule has 11 N–H and O–H groups in total. The van der Waals surface area contributed by atoms with Gasteiger partial charge in [0.1, 0.15) is 0 Å². The van der Waals surface area contributed by atoms with E-state index in [2.05, 4.69) is 10.6 Å². The van der Waals surface area contributed by atoms with E-state index in [1.54, 1.807) is 0 Å². The van der Waals surface area contributed by atoms with Crippen molar-refractivity contribution in [3.05, 3.63) is 0 Å². The number of carbonyl (C=O) groups excluding carboxylic acids is 1. The number of ketones is 1. The molecule has 8 nitrogen and oxygen atoms in total. The smallest absolute Gasteiger partial charge is 0.185 e. The van der Waals surface area contributed by atoms with Crippen LogP contribution in [0.2, 0.25) is 0 Å². The molecular formula is C13H31N7O. The minimum atomic E-state index is -0.550. The highest BCUT2D eigenvalue weighted by Crippen LogP contribution is 2.00. The zero-order valence-corrected chi connectivity index (χ0v) is 12.7. The lowest BCUT2D eigenvalue weighted by molar-refractivity contribution is -0.121. The lowest BCUT2D eigenvalue weighted by atomic mass is 10.00. The molecule has 1 unspecified atom stereocenters. The first-order valence-electron chi connectivity index (χ1n) is 7.52. The molecule has 0 aromatic heterocycles. The number of unbranched alkanes of at least 4 members (excludes halogenated alkanes) is 1. The van der Waals surface area contributed by atoms with Gasteiger partial charge in [0.2, 0.25) is 0 Å². The van der Waals surface area contributed by atoms with Crippen LogP contribution in [0.25, 0.3) is 0 Å². The summed E-state index contributed by atoms with van der Waals surface area (Å²) in [5.74, 6) is -0.186. The summed E-state index contributed by atoms with van der Waals surface area (Å²) in [6.45, 7) is 2.83. The predicted octanol–water partition coefficient (Wildman–Crippen LogP) is -1.81. The number of hydrogen-bond donors (Lipinski definition) is 7. The first kappa shape index (κ1) is 19.8. The van der Waals surface area contributed by atoms with Crippen LogP contribution < -0.4 is 33.6 Å². The summed E-state index contributed by atoms with van der Waals surface area (Å²) in [5.41, 5.74) is 22.2. The van der Waals surface area contributed by atoms with E-state index in [-0.39, 0.29) is 11.7 Å². The van der Waals surface area contributed by atoms with Gasteiger partial charge in [-0.2, -0.15) is 0 Å². The van der Waals surface area contributed by atoms with Gasteiger partial charge >= 0.3 is 0 Å². The van der Waals surface area contributed by atoms with Crippen LogP contribution in [0.4, 0.5) is 0 Å². The van der Waals surface area contributed by atoms with Crippen LogP contribution in [0.3, 0.4) is 0 Å². The molecule has 0 rings (SSSR count). The zero-order valence-electron chi connectivity index (χ0n) is 12.7. The molecule has 21 heavy (non-hydrogen) atoms. The van der Waals surface area contributed by atoms with Crippen molar-refractivity contribution in [2.75, 3.05) is 26.2 Å². The van der Waals surface area contributed by atoms with Crippen LogP contribution in [0.5, 0.6) is 0 Å². The normalized spacial score (nSPS) is 13.7. The lowest BCUT2D eigenvalue weighted by Crippen LogP contribution is -2.45. The zero-order chi connectivity index (χ0) is 16.1. The van der Waals surface area contributed by atoms with Crippen molar-refractivity contribution < 1.29 is 4.79 Å². The maximum Gasteiger partial charge on any atom is 0.185 e. The summed E-state index contributed by atoms with van der Waals surface area (Å²) < 4.78 is 0. The van der Waals surface area contributed by atoms with Crippen molar-refractivity contribution in [1.29, 1.82) is 5.41 Å². The Hall–Kier alpha value is -1.22. The maximum absolute atomic E-state index is 12.0. The predicted molar refractivity (Wildman–Crippen MR) is 85.9 cm³/mol. The summed E-state index contributed by atoms with van der Waals surface area (Å²) >= 11 is 0. The maximum atomic E-state index is 12.0. The van der Waals surface area contributed by atoms with Crippen molar-refractivity contribution in [2.45, 2.75) is 44.2 Å². The molecule has 0 radical (unpaired) electrons. The molecule has 0 aliphatic carbocycles. The molecule has 0 aliphatic heterocycles. The number of guanidine groups is 1. The van der Waals surface area contributed by atoms with Gasteiger partial charge in [-0.25, -0.2) is 0 Å². The second-order valence-electron chi connectivity index (χ2n) is 5.13. The molecule has 0 heterocycles. The first-order valence-corrected chi connectivity index (χ1v) is 7.52. The van der Waals surface area contributed by atoms with Gasteiger partial charge in [-0.3, -0.25) is 10.2 Å². The van der Waals surface area contributed by atoms with E-state index >= 15 is 0 Å². The van der Waals surface area contributed by atoms with E-state index in [0.29, 0.717) is 38.9 Å². The third kappa shape index (κ3) is 11.1. The molecular weight excluding hydrogens is 270 g/mol. The van der Waals surface area contributed by atoms with Crippen LogP contribution in [0.15, 0.2) is 0 Å². The lowest BCUT2D eigenvalue weighted by Gasteiger charge is -2.16. The summed E-state index contributed by atoms with van der Waals surface area (Å²) in [7, 11) is 0. The van der Waals surface area contributed by atoms with Gasteiger partial charge in [-0.1, -0.05) is 0 Å². The molecule has 0 aromatic rings. The Kier molecular flexibility index (Phi) is 11.8. The number of nitrogens with two attached hydrogens (primary N) is 4. The first-order chi connectivity index (χ1) is 9.99. The molecule has 0 bridgehead atoms. The van der Waals surface area contributed by atoms with Crippen molar-refractivity contribution in [1.82, 2.24) is 10.6 Å². The molecule has 0 saturated carbocycles. The van der Waals surface area contributed by atoms with E-state index in [9.17, 15) is 4.79 Å². The third-order valence-corrected chi connectivity index (χ3v) is 3.18. The van der Waals surface area contributed by atoms with Crippen LogP contribution in [-0.4, -0.2) is 50.0 Å². The van der Waals surface area contributed by atoms with E-state index in [0.717, 1.165) is 19.4 Å². The van der Waals surface area contributed by atoms with Crippen LogP contribution in [0, 0.1) is 5.41 Å². The highest BCUT2D eigenvalue weighted by molar-refractivity contribution is 5.88. The Bertz CT molecular complexity index is 298. The second-order valence-corrected chi connectivity index (χ2v) is 5.13. The fourth-order valence-corrected chi connectivity index (χ4v) is 1.88. The minimum absolute atomic E-state index is 0.0766. The average Bonchev–Trinajstić information content (AvgIpc) is 2.45. The summed E-state index contributed by atoms with van der Waals surface area (Å²) in [4.78, 5) is 12.0. The van der Waals surface area contributed by atoms with Gasteiger partial charge in [0.05, 0.1) is 12.1 Å². The summed E-state index contributed by atoms with van der Waals surface area (Å²) in [6, 6.07) is -1.08. The van der Waals surface area contributed by atoms with E-state index in [4.69, 9.17) is 28.3 Å². The van der Waals surface area contributed by atoms with Crippen molar-refractivity contribution >= 4 is 11.7 Å². The number of carbonyl (C=O) groups is 1. The fourth-order valence-electron chi connectivity index (χ4n) is 1.88. The van der Waals surface area contributed by atoms with Crippen molar-refractivity contribution in [3.8, 4) is 0 Å². The summed E-state index contributed by atoms with van der Waals surface area (Å²) in [6.07, 6.45) is 3.83. The topological polar surface area (TPSA) is 169 Å². The number of Topliss-reactive ketones (excluding diaryl/α,β-unsaturated/α-hetero) is 1. The monoisotopic (exact) mass is 301 g/mol. The molecule has 0 amide bonds. The van der Waals surface area contributed by atoms with Gasteiger partial charge < -0.3 is 33.6 Å². The Morgan fingerprint density at radius 2 is 1.67 bits per heavy atom. The highest BCUT2D eigenvalue weighted by Gasteiger charge is 2.20. The number of hydrogen-bond acceptors (Lipinski definition) is 6. The van der Waals surface area contributed by atoms with E-state index in [1.807, 2.05) is 0 Å². The van der Waals surface area contributed by atoms with Crippen molar-refractivity contribution in [2.24, 2.45) is 22.9 Å². The van der Waals surface area contributed by atoms with Gasteiger partial charge in [0.25, 0.3) is 0 Å². The largest absolute Gasteiger partial charge is 0.370 e. The molecule has 124 valence electrons. The molecule has 0 fully saturated rings. The van der Waals surface area contributed by atoms with E-state index < -0.39 is 12.1 Å². The quantitative estimate of drug-likeness (QED) is 0.119. The molecule has 0 aromatic carbocycles. The number of rotatable bonds is 13. The SMILES string of the molecule is N=C(N)NCCC[C@@H](N)C(=O)C(N)CCNCCCCN. The average molecular weight is 301 g/mol. The Morgan fingerprint density at radius 3 is 2.29 bits per heavy atom. The van der Waals surface area contributed by atoms with Crippen LogP contribution in [-0.2, 0) is 4.79 Å². The van der Waals surface area contributed by atoms with Gasteiger partial charge in [0, 0.05) is 6.54 Å². The molecule has 0 spiro atoms. The van der Waals surface area contributed by atoms with E-state index in [1.165, 1.54) is 0 Å². The van der Waals surface area contributed by atoms with Crippen LogP contribution in [0.1, 0.15) is 32.1 Å². The minimum Gasteiger partial charge on any atom is -0.370 e. The third-order valence-electron chi connectivity index (χ3n) is 3.18. The Balaban J connectivity index is 3.68. The highest BCUT2D eigenvalue weighted by atomic mass is 16.1. The van der Waals surface area contributed by atoms with Crippen LogP contribution >= 0.6 is 0 Å². The summed E-state index contributed by atoms with van der Waals surface area (Å²) in [5, 5.41) is 12.9. The molecule has 2 atom stereocenters. The molecule has 0 saturated heterocycles. The Morgan fingerprint density at radius 1 is 1.00 bits per heavy atom. The molecule has 0 aliphatic rings. The van der Waals surface area contributed by atoms with Crippen molar-refractivity contribution in [3.63, 3.8) is 0 Å². The fraction of sp³-hybridized carbons (Fsp3) is 0.846. The van der Waals surface area contributed by atoms with Gasteiger partial charge in [-0.05, 0) is 51.7 Å². The molecule has 8 heteroatoms. The second kappa shape index (κ2) is 12.5. The Labute approximate surface area is 126 Å².